The van der Waals surface area contributed by atoms with Crippen molar-refractivity contribution in [3.8, 4) is 0 Å². The third-order valence-corrected chi connectivity index (χ3v) is 5.92. The molecule has 3 rings (SSSR count). The molecule has 3 aromatic carbocycles. The molecule has 0 saturated heterocycles. The molecule has 1 unspecified atom stereocenters. The molecular weight excluding hydrogens is 435 g/mol. The smallest absolute Gasteiger partial charge is 0.338 e. The first-order valence-corrected chi connectivity index (χ1v) is 11.1. The SMILES string of the molecule is Cc1ccc(NC(=O)C(C)OC(=O)c2ccc(S(=O)(=O)Nc3ccccc3)cc2)cc1F. The number of rotatable bonds is 7. The van der Waals surface area contributed by atoms with Crippen molar-refractivity contribution in [3.63, 3.8) is 0 Å². The largest absolute Gasteiger partial charge is 0.449 e. The zero-order valence-corrected chi connectivity index (χ0v) is 18.1. The van der Waals surface area contributed by atoms with Gasteiger partial charge in [-0.15, -0.1) is 0 Å². The predicted octanol–water partition coefficient (Wildman–Crippen LogP) is 4.12. The van der Waals surface area contributed by atoms with Gasteiger partial charge in [-0.05, 0) is 67.9 Å². The lowest BCUT2D eigenvalue weighted by Gasteiger charge is -2.14. The van der Waals surface area contributed by atoms with Crippen LogP contribution in [0.25, 0.3) is 0 Å². The first kappa shape index (κ1) is 23.0. The second-order valence-electron chi connectivity index (χ2n) is 7.00. The highest BCUT2D eigenvalue weighted by Crippen LogP contribution is 2.18. The van der Waals surface area contributed by atoms with Gasteiger partial charge in [-0.3, -0.25) is 9.52 Å². The monoisotopic (exact) mass is 456 g/mol. The van der Waals surface area contributed by atoms with Gasteiger partial charge in [0.25, 0.3) is 15.9 Å². The summed E-state index contributed by atoms with van der Waals surface area (Å²) in [6.07, 6.45) is -1.16. The van der Waals surface area contributed by atoms with Crippen molar-refractivity contribution in [2.75, 3.05) is 10.0 Å². The number of aryl methyl sites for hydroxylation is 1. The molecule has 32 heavy (non-hydrogen) atoms. The second-order valence-corrected chi connectivity index (χ2v) is 8.68. The van der Waals surface area contributed by atoms with Gasteiger partial charge in [0.05, 0.1) is 10.5 Å². The Morgan fingerprint density at radius 1 is 0.938 bits per heavy atom. The molecule has 9 heteroatoms. The van der Waals surface area contributed by atoms with E-state index in [2.05, 4.69) is 10.0 Å². The van der Waals surface area contributed by atoms with Gasteiger partial charge in [-0.1, -0.05) is 24.3 Å². The number of carbonyl (C=O) groups is 2. The Balaban J connectivity index is 1.62. The number of sulfonamides is 1. The van der Waals surface area contributed by atoms with Gasteiger partial charge in [-0.25, -0.2) is 17.6 Å². The number of ether oxygens (including phenoxy) is 1. The van der Waals surface area contributed by atoms with Crippen LogP contribution in [0.5, 0.6) is 0 Å². The van der Waals surface area contributed by atoms with Gasteiger partial charge in [-0.2, -0.15) is 0 Å². The minimum Gasteiger partial charge on any atom is -0.449 e. The minimum atomic E-state index is -3.83. The van der Waals surface area contributed by atoms with E-state index in [4.69, 9.17) is 4.74 Å². The van der Waals surface area contributed by atoms with Crippen LogP contribution in [-0.4, -0.2) is 26.4 Å². The topological polar surface area (TPSA) is 102 Å². The van der Waals surface area contributed by atoms with Crippen LogP contribution in [0.3, 0.4) is 0 Å². The van der Waals surface area contributed by atoms with Gasteiger partial charge >= 0.3 is 5.97 Å². The number of hydrogen-bond donors (Lipinski definition) is 2. The molecule has 0 aliphatic carbocycles. The van der Waals surface area contributed by atoms with Gasteiger partial charge in [0.15, 0.2) is 6.10 Å². The van der Waals surface area contributed by atoms with E-state index in [0.29, 0.717) is 11.3 Å². The fraction of sp³-hybridized carbons (Fsp3) is 0.130. The molecule has 0 aromatic heterocycles. The average molecular weight is 456 g/mol. The third kappa shape index (κ3) is 5.70. The molecule has 0 aliphatic heterocycles. The molecule has 0 radical (unpaired) electrons. The number of amides is 1. The average Bonchev–Trinajstić information content (AvgIpc) is 2.76. The summed E-state index contributed by atoms with van der Waals surface area (Å²) >= 11 is 0. The Labute approximate surface area is 185 Å². The fourth-order valence-electron chi connectivity index (χ4n) is 2.69. The van der Waals surface area contributed by atoms with Gasteiger partial charge in [0.2, 0.25) is 0 Å². The maximum absolute atomic E-state index is 13.6. The molecule has 1 atom stereocenters. The normalized spacial score (nSPS) is 12.0. The van der Waals surface area contributed by atoms with Gasteiger partial charge in [0, 0.05) is 11.4 Å². The summed E-state index contributed by atoms with van der Waals surface area (Å²) in [5, 5.41) is 2.47. The highest BCUT2D eigenvalue weighted by molar-refractivity contribution is 7.92. The van der Waals surface area contributed by atoms with E-state index in [1.165, 1.54) is 49.4 Å². The van der Waals surface area contributed by atoms with Crippen LogP contribution in [0.15, 0.2) is 77.7 Å². The van der Waals surface area contributed by atoms with E-state index in [0.717, 1.165) is 0 Å². The molecule has 0 aliphatic rings. The lowest BCUT2D eigenvalue weighted by Crippen LogP contribution is -2.30. The summed E-state index contributed by atoms with van der Waals surface area (Å²) in [4.78, 5) is 24.5. The minimum absolute atomic E-state index is 0.0370. The highest BCUT2D eigenvalue weighted by Gasteiger charge is 2.20. The van der Waals surface area contributed by atoms with Crippen LogP contribution >= 0.6 is 0 Å². The van der Waals surface area contributed by atoms with E-state index in [1.807, 2.05) is 0 Å². The van der Waals surface area contributed by atoms with Crippen molar-refractivity contribution in [1.82, 2.24) is 0 Å². The zero-order chi connectivity index (χ0) is 23.3. The molecule has 166 valence electrons. The molecule has 2 N–H and O–H groups in total. The standard InChI is InChI=1S/C23H21FN2O5S/c1-15-8-11-19(14-21(15)24)25-22(27)16(2)31-23(28)17-9-12-20(13-10-17)32(29,30)26-18-6-4-3-5-7-18/h3-14,16,26H,1-2H3,(H,25,27). The quantitative estimate of drug-likeness (QED) is 0.521. The van der Waals surface area contributed by atoms with E-state index >= 15 is 0 Å². The molecule has 3 aromatic rings. The molecular formula is C23H21FN2O5S. The fourth-order valence-corrected chi connectivity index (χ4v) is 3.75. The Hall–Kier alpha value is -3.72. The van der Waals surface area contributed by atoms with Crippen LogP contribution < -0.4 is 10.0 Å². The second kappa shape index (κ2) is 9.61. The molecule has 7 nitrogen and oxygen atoms in total. The van der Waals surface area contributed by atoms with E-state index in [9.17, 15) is 22.4 Å². The number of para-hydroxylation sites is 1. The number of nitrogens with one attached hydrogen (secondary N) is 2. The van der Waals surface area contributed by atoms with Crippen molar-refractivity contribution >= 4 is 33.3 Å². The highest BCUT2D eigenvalue weighted by atomic mass is 32.2. The Bertz CT molecular complexity index is 1230. The first-order valence-electron chi connectivity index (χ1n) is 9.61. The summed E-state index contributed by atoms with van der Waals surface area (Å²) in [7, 11) is -3.83. The number of anilines is 2. The maximum Gasteiger partial charge on any atom is 0.338 e. The summed E-state index contributed by atoms with van der Waals surface area (Å²) in [6.45, 7) is 2.97. The third-order valence-electron chi connectivity index (χ3n) is 4.52. The van der Waals surface area contributed by atoms with Crippen molar-refractivity contribution < 1.29 is 27.1 Å². The lowest BCUT2D eigenvalue weighted by molar-refractivity contribution is -0.123. The van der Waals surface area contributed by atoms with E-state index in [-0.39, 0.29) is 16.1 Å². The summed E-state index contributed by atoms with van der Waals surface area (Å²) in [6, 6.07) is 17.7. The maximum atomic E-state index is 13.6. The predicted molar refractivity (Wildman–Crippen MR) is 118 cm³/mol. The Morgan fingerprint density at radius 2 is 1.59 bits per heavy atom. The number of hydrogen-bond acceptors (Lipinski definition) is 5. The van der Waals surface area contributed by atoms with Crippen LogP contribution in [0, 0.1) is 12.7 Å². The molecule has 0 spiro atoms. The van der Waals surface area contributed by atoms with Crippen LogP contribution in [-0.2, 0) is 19.6 Å². The van der Waals surface area contributed by atoms with Crippen molar-refractivity contribution in [2.45, 2.75) is 24.8 Å². The van der Waals surface area contributed by atoms with Crippen LogP contribution in [0.4, 0.5) is 15.8 Å². The molecule has 1 amide bonds. The zero-order valence-electron chi connectivity index (χ0n) is 17.3. The van der Waals surface area contributed by atoms with Crippen LogP contribution in [0.1, 0.15) is 22.8 Å². The number of carbonyl (C=O) groups excluding carboxylic acids is 2. The lowest BCUT2D eigenvalue weighted by atomic mass is 10.2. The van der Waals surface area contributed by atoms with E-state index < -0.39 is 33.8 Å². The molecule has 0 fully saturated rings. The summed E-state index contributed by atoms with van der Waals surface area (Å²) in [5.74, 6) is -1.90. The van der Waals surface area contributed by atoms with Gasteiger partial charge in [0.1, 0.15) is 5.82 Å². The summed E-state index contributed by atoms with van der Waals surface area (Å²) < 4.78 is 46.1. The number of esters is 1. The molecule has 0 saturated carbocycles. The molecule has 0 heterocycles. The van der Waals surface area contributed by atoms with Gasteiger partial charge < -0.3 is 10.1 Å². The number of benzene rings is 3. The van der Waals surface area contributed by atoms with Crippen molar-refractivity contribution in [3.05, 3.63) is 89.7 Å². The molecule has 0 bridgehead atoms. The van der Waals surface area contributed by atoms with Crippen molar-refractivity contribution in [2.24, 2.45) is 0 Å². The number of halogens is 1. The first-order chi connectivity index (χ1) is 15.2. The summed E-state index contributed by atoms with van der Waals surface area (Å²) in [5.41, 5.74) is 1.15. The Kier molecular flexibility index (Phi) is 6.89. The van der Waals surface area contributed by atoms with E-state index in [1.54, 1.807) is 37.3 Å². The van der Waals surface area contributed by atoms with Crippen molar-refractivity contribution in [1.29, 1.82) is 0 Å². The Morgan fingerprint density at radius 3 is 2.22 bits per heavy atom. The van der Waals surface area contributed by atoms with Crippen LogP contribution in [0.2, 0.25) is 0 Å².